The van der Waals surface area contributed by atoms with Crippen molar-refractivity contribution in [1.82, 2.24) is 15.0 Å². The topological polar surface area (TPSA) is 193 Å². The fourth-order valence-electron chi connectivity index (χ4n) is 2.71. The SMILES string of the molecule is N[C@@H](Cc1cn(CCCCO[C@H]2[C@H](O)[C@@H](CO)OC(O)[C@@H]2O)nn1)C(=O)O. The average Bonchev–Trinajstić information content (AvgIpc) is 3.07. The van der Waals surface area contributed by atoms with Gasteiger partial charge in [0.2, 0.25) is 0 Å². The number of aryl methyl sites for hydroxylation is 1. The minimum absolute atomic E-state index is 0.0896. The molecule has 1 aliphatic heterocycles. The van der Waals surface area contributed by atoms with Crippen molar-refractivity contribution in [1.29, 1.82) is 0 Å². The molecule has 1 aliphatic rings. The van der Waals surface area contributed by atoms with E-state index in [1.165, 1.54) is 0 Å². The number of carboxylic acid groups (broad SMARTS) is 1. The summed E-state index contributed by atoms with van der Waals surface area (Å²) in [6, 6.07) is -1.03. The molecule has 0 radical (unpaired) electrons. The van der Waals surface area contributed by atoms with Crippen molar-refractivity contribution in [3.8, 4) is 0 Å². The fraction of sp³-hybridized carbons (Fsp3) is 0.800. The van der Waals surface area contributed by atoms with Crippen molar-refractivity contribution in [2.24, 2.45) is 5.73 Å². The summed E-state index contributed by atoms with van der Waals surface area (Å²) < 4.78 is 11.9. The van der Waals surface area contributed by atoms with Crippen LogP contribution in [0.1, 0.15) is 18.5 Å². The van der Waals surface area contributed by atoms with Crippen molar-refractivity contribution in [2.45, 2.75) is 62.6 Å². The summed E-state index contributed by atoms with van der Waals surface area (Å²) in [4.78, 5) is 10.7. The van der Waals surface area contributed by atoms with Crippen molar-refractivity contribution in [2.75, 3.05) is 13.2 Å². The largest absolute Gasteiger partial charge is 0.480 e. The van der Waals surface area contributed by atoms with Gasteiger partial charge in [-0.3, -0.25) is 9.48 Å². The lowest BCUT2D eigenvalue weighted by atomic mass is 9.99. The molecule has 27 heavy (non-hydrogen) atoms. The normalized spacial score (nSPS) is 29.6. The number of carboxylic acids is 1. The molecule has 1 fully saturated rings. The van der Waals surface area contributed by atoms with Crippen molar-refractivity contribution < 1.29 is 39.8 Å². The Hall–Kier alpha value is -1.67. The van der Waals surface area contributed by atoms with Crippen LogP contribution >= 0.6 is 0 Å². The zero-order valence-electron chi connectivity index (χ0n) is 14.7. The second-order valence-corrected chi connectivity index (χ2v) is 6.39. The Balaban J connectivity index is 1.71. The summed E-state index contributed by atoms with van der Waals surface area (Å²) in [6.45, 7) is 0.208. The van der Waals surface area contributed by atoms with E-state index in [1.54, 1.807) is 10.9 Å². The monoisotopic (exact) mass is 390 g/mol. The standard InChI is InChI=1S/C15H26N4O8/c16-9(14(23)24)5-8-6-19(18-17-8)3-1-2-4-26-13-11(21)10(7-20)27-15(25)12(13)22/h6,9-13,15,20-22,25H,1-5,7,16H2,(H,23,24)/t9-,10+,11+,12+,13-,15?/m0/s1. The molecule has 0 bridgehead atoms. The maximum absolute atomic E-state index is 10.7. The van der Waals surface area contributed by atoms with Gasteiger partial charge in [-0.25, -0.2) is 0 Å². The number of aliphatic carboxylic acids is 1. The average molecular weight is 390 g/mol. The molecule has 0 saturated carbocycles. The van der Waals surface area contributed by atoms with Crippen LogP contribution in [0.25, 0.3) is 0 Å². The first-order valence-electron chi connectivity index (χ1n) is 8.63. The van der Waals surface area contributed by atoms with E-state index >= 15 is 0 Å². The molecular formula is C15H26N4O8. The van der Waals surface area contributed by atoms with Gasteiger partial charge in [-0.15, -0.1) is 5.10 Å². The van der Waals surface area contributed by atoms with Crippen molar-refractivity contribution in [3.63, 3.8) is 0 Å². The smallest absolute Gasteiger partial charge is 0.320 e. The molecule has 1 unspecified atom stereocenters. The highest BCUT2D eigenvalue weighted by molar-refractivity contribution is 5.73. The summed E-state index contributed by atoms with van der Waals surface area (Å²) in [5.41, 5.74) is 5.93. The molecule has 12 heteroatoms. The molecule has 0 amide bonds. The lowest BCUT2D eigenvalue weighted by Gasteiger charge is -2.39. The van der Waals surface area contributed by atoms with E-state index in [2.05, 4.69) is 10.3 Å². The van der Waals surface area contributed by atoms with Crippen LogP contribution < -0.4 is 5.73 Å². The summed E-state index contributed by atoms with van der Waals surface area (Å²) in [5, 5.41) is 55.1. The Labute approximate surface area is 155 Å². The van der Waals surface area contributed by atoms with E-state index < -0.39 is 49.3 Å². The van der Waals surface area contributed by atoms with Crippen LogP contribution in [0.5, 0.6) is 0 Å². The number of nitrogens with zero attached hydrogens (tertiary/aromatic N) is 3. The van der Waals surface area contributed by atoms with Gasteiger partial charge in [0.1, 0.15) is 30.5 Å². The predicted octanol–water partition coefficient (Wildman–Crippen LogP) is -3.17. The molecule has 1 aromatic heterocycles. The molecular weight excluding hydrogens is 364 g/mol. The summed E-state index contributed by atoms with van der Waals surface area (Å²) in [5.74, 6) is -1.10. The minimum Gasteiger partial charge on any atom is -0.480 e. The van der Waals surface area contributed by atoms with Gasteiger partial charge in [-0.1, -0.05) is 5.21 Å². The zero-order valence-corrected chi connectivity index (χ0v) is 14.7. The van der Waals surface area contributed by atoms with Gasteiger partial charge in [0.25, 0.3) is 0 Å². The molecule has 2 rings (SSSR count). The first kappa shape index (κ1) is 21.6. The molecule has 0 aromatic carbocycles. The van der Waals surface area contributed by atoms with E-state index in [0.717, 1.165) is 0 Å². The predicted molar refractivity (Wildman–Crippen MR) is 88.3 cm³/mol. The van der Waals surface area contributed by atoms with E-state index in [1.807, 2.05) is 0 Å². The van der Waals surface area contributed by atoms with E-state index in [0.29, 0.717) is 25.1 Å². The number of ether oxygens (including phenoxy) is 2. The maximum Gasteiger partial charge on any atom is 0.320 e. The third kappa shape index (κ3) is 5.90. The van der Waals surface area contributed by atoms with E-state index in [-0.39, 0.29) is 13.0 Å². The Morgan fingerprint density at radius 3 is 2.74 bits per heavy atom. The Bertz CT molecular complexity index is 600. The van der Waals surface area contributed by atoms with Gasteiger partial charge >= 0.3 is 5.97 Å². The van der Waals surface area contributed by atoms with E-state index in [9.17, 15) is 20.1 Å². The molecule has 0 aliphatic carbocycles. The van der Waals surface area contributed by atoms with Gasteiger partial charge < -0.3 is 40.7 Å². The minimum atomic E-state index is -1.54. The van der Waals surface area contributed by atoms with Gasteiger partial charge in [0.15, 0.2) is 6.29 Å². The number of unbranched alkanes of at least 4 members (excludes halogenated alkanes) is 1. The van der Waals surface area contributed by atoms with Gasteiger partial charge in [0.05, 0.1) is 12.3 Å². The first-order chi connectivity index (χ1) is 12.8. The number of hydrogen-bond donors (Lipinski definition) is 6. The molecule has 2 heterocycles. The van der Waals surface area contributed by atoms with Gasteiger partial charge in [-0.05, 0) is 12.8 Å². The van der Waals surface area contributed by atoms with Crippen LogP contribution in [0.2, 0.25) is 0 Å². The molecule has 1 aromatic rings. The van der Waals surface area contributed by atoms with E-state index in [4.69, 9.17) is 25.4 Å². The number of hydrogen-bond acceptors (Lipinski definition) is 10. The molecule has 154 valence electrons. The third-order valence-corrected chi connectivity index (χ3v) is 4.26. The van der Waals surface area contributed by atoms with Crippen LogP contribution in [0.3, 0.4) is 0 Å². The number of nitrogens with two attached hydrogens (primary N) is 1. The fourth-order valence-corrected chi connectivity index (χ4v) is 2.71. The second kappa shape index (κ2) is 10.0. The lowest BCUT2D eigenvalue weighted by molar-refractivity contribution is -0.294. The molecule has 0 spiro atoms. The van der Waals surface area contributed by atoms with Crippen LogP contribution in [0.15, 0.2) is 6.20 Å². The summed E-state index contributed by atoms with van der Waals surface area (Å²) >= 11 is 0. The highest BCUT2D eigenvalue weighted by Gasteiger charge is 2.44. The number of aromatic nitrogens is 3. The first-order valence-corrected chi connectivity index (χ1v) is 8.63. The van der Waals surface area contributed by atoms with Crippen LogP contribution in [0.4, 0.5) is 0 Å². The molecule has 7 N–H and O–H groups in total. The molecule has 6 atom stereocenters. The Kier molecular flexibility index (Phi) is 8.04. The highest BCUT2D eigenvalue weighted by atomic mass is 16.6. The van der Waals surface area contributed by atoms with Crippen molar-refractivity contribution in [3.05, 3.63) is 11.9 Å². The van der Waals surface area contributed by atoms with Crippen LogP contribution in [0, 0.1) is 0 Å². The number of rotatable bonds is 10. The van der Waals surface area contributed by atoms with Crippen molar-refractivity contribution >= 4 is 5.97 Å². The summed E-state index contributed by atoms with van der Waals surface area (Å²) in [6.07, 6.45) is -3.38. The van der Waals surface area contributed by atoms with Crippen LogP contribution in [-0.2, 0) is 27.2 Å². The maximum atomic E-state index is 10.7. The number of aliphatic hydroxyl groups is 4. The third-order valence-electron chi connectivity index (χ3n) is 4.26. The Morgan fingerprint density at radius 1 is 1.33 bits per heavy atom. The highest BCUT2D eigenvalue weighted by Crippen LogP contribution is 2.22. The molecule has 12 nitrogen and oxygen atoms in total. The van der Waals surface area contributed by atoms with Crippen LogP contribution in [-0.4, -0.2) is 96.5 Å². The quantitative estimate of drug-likeness (QED) is 0.221. The number of carbonyl (C=O) groups is 1. The lowest BCUT2D eigenvalue weighted by Crippen LogP contribution is -2.59. The van der Waals surface area contributed by atoms with Gasteiger partial charge in [-0.2, -0.15) is 0 Å². The van der Waals surface area contributed by atoms with Gasteiger partial charge in [0, 0.05) is 25.8 Å². The molecule has 1 saturated heterocycles. The zero-order chi connectivity index (χ0) is 20.0. The second-order valence-electron chi connectivity index (χ2n) is 6.39. The number of aliphatic hydroxyl groups excluding tert-OH is 4. The Morgan fingerprint density at radius 2 is 2.07 bits per heavy atom. The summed E-state index contributed by atoms with van der Waals surface area (Å²) in [7, 11) is 0.